The van der Waals surface area contributed by atoms with Crippen LogP contribution in [0, 0.1) is 5.82 Å². The summed E-state index contributed by atoms with van der Waals surface area (Å²) in [5.74, 6) is -2.27. The van der Waals surface area contributed by atoms with Crippen molar-refractivity contribution in [3.63, 3.8) is 0 Å². The normalized spacial score (nSPS) is 10.2. The van der Waals surface area contributed by atoms with Crippen molar-refractivity contribution in [2.24, 2.45) is 0 Å². The summed E-state index contributed by atoms with van der Waals surface area (Å²) in [6, 6.07) is 2.95. The minimum absolute atomic E-state index is 0.0221. The first-order valence-electron chi connectivity index (χ1n) is 6.19. The molecule has 1 aromatic rings. The summed E-state index contributed by atoms with van der Waals surface area (Å²) in [5.41, 5.74) is -0.268. The lowest BCUT2D eigenvalue weighted by Crippen LogP contribution is -2.35. The Hall–Kier alpha value is -2.15. The molecule has 20 heavy (non-hydrogen) atoms. The second-order valence-corrected chi connectivity index (χ2v) is 4.09. The van der Waals surface area contributed by atoms with E-state index in [2.05, 4.69) is 5.32 Å². The van der Waals surface area contributed by atoms with Crippen molar-refractivity contribution < 1.29 is 24.2 Å². The molecule has 0 unspecified atom stereocenters. The molecule has 0 fully saturated rings. The number of carbonyl (C=O) groups excluding carboxylic acids is 1. The number of halogens is 1. The van der Waals surface area contributed by atoms with Crippen molar-refractivity contribution in [1.82, 2.24) is 4.90 Å². The van der Waals surface area contributed by atoms with Crippen LogP contribution in [0.5, 0.6) is 0 Å². The standard InChI is InChI=1S/C13H17FN2O4/c1-2-16(6-3-7-17)13(20)15-9-4-5-10(12(18)19)11(14)8-9/h4-5,8,17H,2-3,6-7H2,1H3,(H,15,20)(H,18,19). The van der Waals surface area contributed by atoms with Crippen molar-refractivity contribution in [3.05, 3.63) is 29.6 Å². The molecule has 0 aliphatic rings. The molecule has 7 heteroatoms. The van der Waals surface area contributed by atoms with Gasteiger partial charge in [0, 0.05) is 25.4 Å². The average molecular weight is 284 g/mol. The first-order chi connectivity index (χ1) is 9.49. The number of nitrogens with one attached hydrogen (secondary N) is 1. The second-order valence-electron chi connectivity index (χ2n) is 4.09. The fraction of sp³-hybridized carbons (Fsp3) is 0.385. The Morgan fingerprint density at radius 2 is 2.10 bits per heavy atom. The van der Waals surface area contributed by atoms with Gasteiger partial charge in [0.15, 0.2) is 0 Å². The van der Waals surface area contributed by atoms with Gasteiger partial charge in [-0.25, -0.2) is 14.0 Å². The van der Waals surface area contributed by atoms with Gasteiger partial charge in [-0.2, -0.15) is 0 Å². The molecule has 0 radical (unpaired) electrons. The number of nitrogens with zero attached hydrogens (tertiary/aromatic N) is 1. The summed E-state index contributed by atoms with van der Waals surface area (Å²) in [5, 5.41) is 19.9. The summed E-state index contributed by atoms with van der Waals surface area (Å²) < 4.78 is 13.5. The summed E-state index contributed by atoms with van der Waals surface area (Å²) in [6.45, 7) is 2.59. The SMILES string of the molecule is CCN(CCCO)C(=O)Nc1ccc(C(=O)O)c(F)c1. The molecule has 0 atom stereocenters. The van der Waals surface area contributed by atoms with Gasteiger partial charge in [-0.1, -0.05) is 0 Å². The molecule has 0 aromatic heterocycles. The molecule has 0 heterocycles. The Bertz CT molecular complexity index is 493. The Morgan fingerprint density at radius 1 is 1.40 bits per heavy atom. The number of aromatic carboxylic acids is 1. The third-order valence-electron chi connectivity index (χ3n) is 2.71. The minimum atomic E-state index is -1.36. The van der Waals surface area contributed by atoms with Gasteiger partial charge >= 0.3 is 12.0 Å². The van der Waals surface area contributed by atoms with E-state index in [0.717, 1.165) is 12.1 Å². The Labute approximate surface area is 115 Å². The summed E-state index contributed by atoms with van der Waals surface area (Å²) in [7, 11) is 0. The third-order valence-corrected chi connectivity index (χ3v) is 2.71. The van der Waals surface area contributed by atoms with Crippen molar-refractivity contribution in [2.75, 3.05) is 25.0 Å². The minimum Gasteiger partial charge on any atom is -0.478 e. The Morgan fingerprint density at radius 3 is 2.60 bits per heavy atom. The largest absolute Gasteiger partial charge is 0.478 e. The smallest absolute Gasteiger partial charge is 0.338 e. The highest BCUT2D eigenvalue weighted by molar-refractivity contribution is 5.91. The van der Waals surface area contributed by atoms with E-state index >= 15 is 0 Å². The zero-order chi connectivity index (χ0) is 15.1. The fourth-order valence-electron chi connectivity index (χ4n) is 1.63. The molecular formula is C13H17FN2O4. The van der Waals surface area contributed by atoms with Gasteiger partial charge in [0.05, 0.1) is 5.56 Å². The lowest BCUT2D eigenvalue weighted by atomic mass is 10.2. The first-order valence-corrected chi connectivity index (χ1v) is 6.19. The monoisotopic (exact) mass is 284 g/mol. The molecule has 0 saturated heterocycles. The maximum Gasteiger partial charge on any atom is 0.338 e. The topological polar surface area (TPSA) is 89.9 Å². The van der Waals surface area contributed by atoms with Crippen LogP contribution in [0.4, 0.5) is 14.9 Å². The molecule has 1 rings (SSSR count). The molecule has 2 amide bonds. The van der Waals surface area contributed by atoms with Crippen molar-refractivity contribution in [3.8, 4) is 0 Å². The van der Waals surface area contributed by atoms with Crippen LogP contribution in [0.15, 0.2) is 18.2 Å². The number of carbonyl (C=O) groups is 2. The Balaban J connectivity index is 2.74. The maximum atomic E-state index is 13.5. The van der Waals surface area contributed by atoms with E-state index in [1.165, 1.54) is 11.0 Å². The highest BCUT2D eigenvalue weighted by atomic mass is 19.1. The summed E-state index contributed by atoms with van der Waals surface area (Å²) in [4.78, 5) is 24.0. The van der Waals surface area contributed by atoms with E-state index in [0.29, 0.717) is 19.5 Å². The van der Waals surface area contributed by atoms with E-state index in [9.17, 15) is 14.0 Å². The number of carboxylic acid groups (broad SMARTS) is 1. The van der Waals surface area contributed by atoms with Crippen molar-refractivity contribution >= 4 is 17.7 Å². The van der Waals surface area contributed by atoms with Crippen molar-refractivity contribution in [1.29, 1.82) is 0 Å². The van der Waals surface area contributed by atoms with Gasteiger partial charge in [-0.3, -0.25) is 0 Å². The van der Waals surface area contributed by atoms with Crippen LogP contribution in [-0.2, 0) is 0 Å². The van der Waals surface area contributed by atoms with E-state index in [4.69, 9.17) is 10.2 Å². The number of hydrogen-bond donors (Lipinski definition) is 3. The number of aliphatic hydroxyl groups excluding tert-OH is 1. The number of amides is 2. The van der Waals surface area contributed by atoms with Gasteiger partial charge in [-0.15, -0.1) is 0 Å². The molecule has 0 aliphatic carbocycles. The third kappa shape index (κ3) is 4.20. The number of benzene rings is 1. The fourth-order valence-corrected chi connectivity index (χ4v) is 1.63. The van der Waals surface area contributed by atoms with Crippen LogP contribution in [0.1, 0.15) is 23.7 Å². The number of aliphatic hydroxyl groups is 1. The Kier molecular flexibility index (Phi) is 5.92. The summed E-state index contributed by atoms with van der Waals surface area (Å²) in [6.07, 6.45) is 0.452. The predicted molar refractivity (Wildman–Crippen MR) is 71.3 cm³/mol. The molecule has 0 aliphatic heterocycles. The van der Waals surface area contributed by atoms with E-state index in [1.807, 2.05) is 0 Å². The first kappa shape index (κ1) is 15.9. The molecule has 0 bridgehead atoms. The maximum absolute atomic E-state index is 13.5. The quantitative estimate of drug-likeness (QED) is 0.742. The zero-order valence-electron chi connectivity index (χ0n) is 11.1. The van der Waals surface area contributed by atoms with E-state index < -0.39 is 23.4 Å². The number of urea groups is 1. The van der Waals surface area contributed by atoms with E-state index in [1.54, 1.807) is 6.92 Å². The van der Waals surface area contributed by atoms with E-state index in [-0.39, 0.29) is 12.3 Å². The number of hydrogen-bond acceptors (Lipinski definition) is 3. The van der Waals surface area contributed by atoms with Crippen LogP contribution >= 0.6 is 0 Å². The average Bonchev–Trinajstić information content (AvgIpc) is 2.39. The van der Waals surface area contributed by atoms with Crippen LogP contribution in [-0.4, -0.2) is 46.8 Å². The van der Waals surface area contributed by atoms with Crippen LogP contribution in [0.25, 0.3) is 0 Å². The van der Waals surface area contributed by atoms with Crippen LogP contribution in [0.2, 0.25) is 0 Å². The molecule has 6 nitrogen and oxygen atoms in total. The number of anilines is 1. The predicted octanol–water partition coefficient (Wildman–Crippen LogP) is 1.76. The van der Waals surface area contributed by atoms with Gasteiger partial charge in [-0.05, 0) is 31.5 Å². The van der Waals surface area contributed by atoms with Gasteiger partial charge in [0.25, 0.3) is 0 Å². The zero-order valence-corrected chi connectivity index (χ0v) is 11.1. The second kappa shape index (κ2) is 7.44. The lowest BCUT2D eigenvalue weighted by Gasteiger charge is -2.21. The highest BCUT2D eigenvalue weighted by Crippen LogP contribution is 2.15. The number of carboxylic acids is 1. The van der Waals surface area contributed by atoms with Crippen LogP contribution in [0.3, 0.4) is 0 Å². The molecule has 110 valence electrons. The molecule has 0 saturated carbocycles. The van der Waals surface area contributed by atoms with Crippen molar-refractivity contribution in [2.45, 2.75) is 13.3 Å². The molecule has 0 spiro atoms. The molecule has 3 N–H and O–H groups in total. The number of rotatable bonds is 6. The lowest BCUT2D eigenvalue weighted by molar-refractivity contribution is 0.0692. The molecular weight excluding hydrogens is 267 g/mol. The van der Waals surface area contributed by atoms with Gasteiger partial charge in [0.2, 0.25) is 0 Å². The molecule has 1 aromatic carbocycles. The van der Waals surface area contributed by atoms with Gasteiger partial charge in [0.1, 0.15) is 5.82 Å². The summed E-state index contributed by atoms with van der Waals surface area (Å²) >= 11 is 0. The highest BCUT2D eigenvalue weighted by Gasteiger charge is 2.14. The van der Waals surface area contributed by atoms with Gasteiger partial charge < -0.3 is 20.4 Å². The van der Waals surface area contributed by atoms with Crippen LogP contribution < -0.4 is 5.32 Å².